The van der Waals surface area contributed by atoms with E-state index >= 15 is 0 Å². The number of rotatable bonds is 1. The number of phenolic OH excluding ortho intramolecular Hbond substituents is 1. The lowest BCUT2D eigenvalue weighted by atomic mass is 10.3. The highest BCUT2D eigenvalue weighted by atomic mass is 35.5. The zero-order valence-corrected chi connectivity index (χ0v) is 12.4. The number of nitro benzene ring substituents is 1. The highest BCUT2D eigenvalue weighted by Crippen LogP contribution is 2.26. The summed E-state index contributed by atoms with van der Waals surface area (Å²) in [5.41, 5.74) is -0.0159. The van der Waals surface area contributed by atoms with Gasteiger partial charge in [-0.1, -0.05) is 0 Å². The summed E-state index contributed by atoms with van der Waals surface area (Å²) >= 11 is 0. The molecule has 1 aromatic rings. The predicted octanol–water partition coefficient (Wildman–Crippen LogP) is -0.135. The Labute approximate surface area is 123 Å². The van der Waals surface area contributed by atoms with Gasteiger partial charge in [0.1, 0.15) is 5.75 Å². The molecular formula is C6H12ClNO11P2. The fourth-order valence-corrected chi connectivity index (χ4v) is 0.574. The number of phosphoric acid groups is 2. The number of phenols is 1. The highest BCUT2D eigenvalue weighted by molar-refractivity contribution is 7.45. The smallest absolute Gasteiger partial charge is 0.466 e. The van der Waals surface area contributed by atoms with Gasteiger partial charge in [-0.3, -0.25) is 10.1 Å². The van der Waals surface area contributed by atoms with Crippen molar-refractivity contribution in [2.45, 2.75) is 0 Å². The Balaban J connectivity index is -0.000000254. The zero-order valence-electron chi connectivity index (χ0n) is 9.82. The summed E-state index contributed by atoms with van der Waals surface area (Å²) in [6.07, 6.45) is 0. The van der Waals surface area contributed by atoms with Gasteiger partial charge in [0.2, 0.25) is 0 Å². The monoisotopic (exact) mass is 371 g/mol. The molecule has 124 valence electrons. The van der Waals surface area contributed by atoms with Crippen LogP contribution < -0.4 is 0 Å². The lowest BCUT2D eigenvalue weighted by molar-refractivity contribution is -0.384. The fraction of sp³-hybridized carbons (Fsp3) is 0. The highest BCUT2D eigenvalue weighted by Gasteiger charge is 2.02. The lowest BCUT2D eigenvalue weighted by Crippen LogP contribution is -1.85. The largest absolute Gasteiger partial charge is 0.508 e. The Morgan fingerprint density at radius 1 is 0.857 bits per heavy atom. The van der Waals surface area contributed by atoms with Crippen LogP contribution in [0.5, 0.6) is 5.75 Å². The molecule has 1 aromatic carbocycles. The van der Waals surface area contributed by atoms with Gasteiger partial charge < -0.3 is 34.5 Å². The molecule has 0 fully saturated rings. The first kappa shape index (κ1) is 24.9. The number of halogens is 1. The SMILES string of the molecule is Cl.O=P(O)(O)O.O=P(O)(O)O.O=[N+]([O-])c1ccc(O)cc1. The Morgan fingerprint density at radius 2 is 1.10 bits per heavy atom. The van der Waals surface area contributed by atoms with Gasteiger partial charge >= 0.3 is 15.6 Å². The normalized spacial score (nSPS) is 10.0. The third kappa shape index (κ3) is 32.5. The summed E-state index contributed by atoms with van der Waals surface area (Å²) in [5, 5.41) is 18.8. The number of nitro groups is 1. The fourth-order valence-electron chi connectivity index (χ4n) is 0.574. The van der Waals surface area contributed by atoms with Crippen LogP contribution in [-0.2, 0) is 9.13 Å². The summed E-state index contributed by atoms with van der Waals surface area (Å²) in [4.78, 5) is 52.6. The first-order valence-electron chi connectivity index (χ1n) is 4.20. The molecule has 0 spiro atoms. The topological polar surface area (TPSA) is 219 Å². The minimum Gasteiger partial charge on any atom is -0.508 e. The van der Waals surface area contributed by atoms with E-state index in [2.05, 4.69) is 0 Å². The number of hydrogen-bond donors (Lipinski definition) is 7. The number of nitrogens with zero attached hydrogens (tertiary/aromatic N) is 1. The summed E-state index contributed by atoms with van der Waals surface area (Å²) in [5.74, 6) is 0.0330. The Kier molecular flexibility index (Phi) is 12.6. The van der Waals surface area contributed by atoms with Gasteiger partial charge in [-0.05, 0) is 12.1 Å². The van der Waals surface area contributed by atoms with Crippen molar-refractivity contribution >= 4 is 33.7 Å². The summed E-state index contributed by atoms with van der Waals surface area (Å²) in [7, 11) is -9.28. The molecule has 0 saturated carbocycles. The van der Waals surface area contributed by atoms with E-state index in [0.717, 1.165) is 0 Å². The van der Waals surface area contributed by atoms with Crippen molar-refractivity contribution in [2.75, 3.05) is 0 Å². The second kappa shape index (κ2) is 10.6. The van der Waals surface area contributed by atoms with Crippen LogP contribution in [0.4, 0.5) is 5.69 Å². The first-order valence-corrected chi connectivity index (χ1v) is 7.33. The maximum Gasteiger partial charge on any atom is 0.466 e. The molecule has 0 atom stereocenters. The van der Waals surface area contributed by atoms with Crippen molar-refractivity contribution in [1.29, 1.82) is 0 Å². The summed E-state index contributed by atoms with van der Waals surface area (Å²) in [6, 6.07) is 5.04. The predicted molar refractivity (Wildman–Crippen MR) is 70.5 cm³/mol. The quantitative estimate of drug-likeness (QED) is 0.195. The average molecular weight is 372 g/mol. The molecule has 0 unspecified atom stereocenters. The molecule has 0 bridgehead atoms. The molecule has 0 amide bonds. The van der Waals surface area contributed by atoms with Crippen LogP contribution in [0.2, 0.25) is 0 Å². The molecule has 0 aliphatic rings. The maximum absolute atomic E-state index is 10.0. The van der Waals surface area contributed by atoms with E-state index in [1.807, 2.05) is 0 Å². The van der Waals surface area contributed by atoms with Gasteiger partial charge in [0.15, 0.2) is 0 Å². The van der Waals surface area contributed by atoms with Gasteiger partial charge in [0, 0.05) is 12.1 Å². The molecule has 0 aromatic heterocycles. The van der Waals surface area contributed by atoms with Gasteiger partial charge in [-0.15, -0.1) is 12.4 Å². The number of non-ortho nitro benzene ring substituents is 1. The van der Waals surface area contributed by atoms with Crippen molar-refractivity contribution in [1.82, 2.24) is 0 Å². The standard InChI is InChI=1S/C6H5NO3.ClH.2H3O4P/c8-6-3-1-5(2-4-6)7(9)10;;2*1-5(2,3)4/h1-4,8H;1H;2*(H3,1,2,3,4). The molecule has 0 saturated heterocycles. The third-order valence-corrected chi connectivity index (χ3v) is 1.06. The van der Waals surface area contributed by atoms with Crippen molar-refractivity contribution < 1.29 is 48.5 Å². The summed E-state index contributed by atoms with van der Waals surface area (Å²) in [6.45, 7) is 0. The van der Waals surface area contributed by atoms with E-state index in [9.17, 15) is 10.1 Å². The minimum atomic E-state index is -4.64. The molecule has 7 N–H and O–H groups in total. The Morgan fingerprint density at radius 3 is 1.29 bits per heavy atom. The minimum absolute atomic E-state index is 0. The summed E-state index contributed by atoms with van der Waals surface area (Å²) < 4.78 is 17.8. The maximum atomic E-state index is 10.0. The third-order valence-electron chi connectivity index (χ3n) is 1.06. The van der Waals surface area contributed by atoms with Crippen LogP contribution in [-0.4, -0.2) is 39.4 Å². The molecule has 0 radical (unpaired) electrons. The van der Waals surface area contributed by atoms with Crippen molar-refractivity contribution in [3.8, 4) is 5.75 Å². The molecular weight excluding hydrogens is 359 g/mol. The molecule has 21 heavy (non-hydrogen) atoms. The Bertz CT molecular complexity index is 471. The number of aromatic hydroxyl groups is 1. The average Bonchev–Trinajstić information content (AvgIpc) is 2.12. The van der Waals surface area contributed by atoms with Crippen LogP contribution in [0.3, 0.4) is 0 Å². The van der Waals surface area contributed by atoms with Crippen LogP contribution in [0, 0.1) is 10.1 Å². The van der Waals surface area contributed by atoms with Crippen molar-refractivity contribution in [3.63, 3.8) is 0 Å². The van der Waals surface area contributed by atoms with E-state index in [-0.39, 0.29) is 23.8 Å². The molecule has 12 nitrogen and oxygen atoms in total. The van der Waals surface area contributed by atoms with Crippen molar-refractivity contribution in [2.24, 2.45) is 0 Å². The molecule has 0 heterocycles. The molecule has 0 aliphatic heterocycles. The lowest BCUT2D eigenvalue weighted by Gasteiger charge is -1.89. The second-order valence-corrected chi connectivity index (χ2v) is 4.85. The molecule has 1 rings (SSSR count). The van der Waals surface area contributed by atoms with Gasteiger partial charge in [0.05, 0.1) is 4.92 Å². The number of benzene rings is 1. The van der Waals surface area contributed by atoms with E-state index in [0.29, 0.717) is 0 Å². The van der Waals surface area contributed by atoms with E-state index < -0.39 is 20.6 Å². The van der Waals surface area contributed by atoms with Gasteiger partial charge in [-0.2, -0.15) is 0 Å². The zero-order chi connectivity index (χ0) is 16.6. The molecule has 0 aliphatic carbocycles. The van der Waals surface area contributed by atoms with Crippen LogP contribution in [0.15, 0.2) is 24.3 Å². The van der Waals surface area contributed by atoms with Gasteiger partial charge in [-0.25, -0.2) is 9.13 Å². The number of hydrogen-bond acceptors (Lipinski definition) is 5. The van der Waals surface area contributed by atoms with E-state index in [1.54, 1.807) is 0 Å². The first-order chi connectivity index (χ1) is 8.70. The Hall–Kier alpha value is -1.07. The van der Waals surface area contributed by atoms with E-state index in [4.69, 9.17) is 43.6 Å². The van der Waals surface area contributed by atoms with Crippen LogP contribution in [0.25, 0.3) is 0 Å². The van der Waals surface area contributed by atoms with Crippen molar-refractivity contribution in [3.05, 3.63) is 34.4 Å². The van der Waals surface area contributed by atoms with Crippen LogP contribution >= 0.6 is 28.1 Å². The molecule has 15 heteroatoms. The van der Waals surface area contributed by atoms with E-state index in [1.165, 1.54) is 24.3 Å². The van der Waals surface area contributed by atoms with Crippen LogP contribution in [0.1, 0.15) is 0 Å². The second-order valence-electron chi connectivity index (χ2n) is 2.80. The van der Waals surface area contributed by atoms with Gasteiger partial charge in [0.25, 0.3) is 5.69 Å².